The van der Waals surface area contributed by atoms with Gasteiger partial charge in [0.1, 0.15) is 5.82 Å². The summed E-state index contributed by atoms with van der Waals surface area (Å²) in [6.45, 7) is 1.87. The molecular formula is C17H19N5O3. The summed E-state index contributed by atoms with van der Waals surface area (Å²) in [7, 11) is 1.69. The van der Waals surface area contributed by atoms with Gasteiger partial charge in [0, 0.05) is 25.6 Å². The van der Waals surface area contributed by atoms with E-state index in [1.165, 1.54) is 12.4 Å². The summed E-state index contributed by atoms with van der Waals surface area (Å²) >= 11 is 0. The lowest BCUT2D eigenvalue weighted by Gasteiger charge is -2.30. The topological polar surface area (TPSA) is 98.4 Å². The van der Waals surface area contributed by atoms with Crippen LogP contribution in [0.15, 0.2) is 41.5 Å². The minimum Gasteiger partial charge on any atom is -0.350 e. The lowest BCUT2D eigenvalue weighted by Crippen LogP contribution is -2.44. The molecule has 25 heavy (non-hydrogen) atoms. The van der Waals surface area contributed by atoms with Crippen LogP contribution < -0.4 is 20.7 Å². The second-order valence-electron chi connectivity index (χ2n) is 6.01. The molecule has 2 N–H and O–H groups in total. The van der Waals surface area contributed by atoms with Gasteiger partial charge in [0.2, 0.25) is 11.8 Å². The van der Waals surface area contributed by atoms with Crippen molar-refractivity contribution in [2.24, 2.45) is 0 Å². The van der Waals surface area contributed by atoms with Crippen LogP contribution in [0.3, 0.4) is 0 Å². The van der Waals surface area contributed by atoms with E-state index < -0.39 is 0 Å². The minimum absolute atomic E-state index is 0.0311. The van der Waals surface area contributed by atoms with Crippen molar-refractivity contribution >= 4 is 29.0 Å². The lowest BCUT2D eigenvalue weighted by atomic mass is 10.1. The van der Waals surface area contributed by atoms with Gasteiger partial charge in [-0.2, -0.15) is 0 Å². The molecule has 1 aromatic heterocycles. The van der Waals surface area contributed by atoms with E-state index in [1.807, 2.05) is 19.1 Å². The Morgan fingerprint density at radius 3 is 2.88 bits per heavy atom. The van der Waals surface area contributed by atoms with Crippen molar-refractivity contribution in [3.63, 3.8) is 0 Å². The summed E-state index contributed by atoms with van der Waals surface area (Å²) in [4.78, 5) is 46.1. The number of anilines is 3. The first kappa shape index (κ1) is 16.7. The molecule has 2 amide bonds. The van der Waals surface area contributed by atoms with E-state index in [0.29, 0.717) is 17.2 Å². The molecule has 0 fully saturated rings. The van der Waals surface area contributed by atoms with Crippen molar-refractivity contribution in [2.75, 3.05) is 28.7 Å². The molecule has 2 heterocycles. The van der Waals surface area contributed by atoms with E-state index in [2.05, 4.69) is 15.3 Å². The number of nitrogens with zero attached hydrogens (tertiary/aromatic N) is 3. The number of carbonyl (C=O) groups is 2. The summed E-state index contributed by atoms with van der Waals surface area (Å²) in [6.07, 6.45) is 1.51. The fraction of sp³-hybridized carbons (Fsp3) is 0.294. The normalized spacial score (nSPS) is 16.6. The lowest BCUT2D eigenvalue weighted by molar-refractivity contribution is -0.118. The predicted octanol–water partition coefficient (Wildman–Crippen LogP) is 0.970. The molecule has 0 bridgehead atoms. The zero-order chi connectivity index (χ0) is 18.0. The fourth-order valence-electron chi connectivity index (χ4n) is 2.89. The molecule has 0 saturated carbocycles. The van der Waals surface area contributed by atoms with Gasteiger partial charge in [-0.25, -0.2) is 4.98 Å². The average Bonchev–Trinajstić information content (AvgIpc) is 2.68. The number of aromatic amines is 1. The first-order valence-corrected chi connectivity index (χ1v) is 7.92. The molecule has 0 spiro atoms. The smallest absolute Gasteiger partial charge is 0.252 e. The van der Waals surface area contributed by atoms with Gasteiger partial charge >= 0.3 is 0 Å². The highest BCUT2D eigenvalue weighted by Crippen LogP contribution is 2.31. The van der Waals surface area contributed by atoms with Gasteiger partial charge in [-0.05, 0) is 19.1 Å². The maximum Gasteiger partial charge on any atom is 0.252 e. The highest BCUT2D eigenvalue weighted by molar-refractivity contribution is 6.05. The van der Waals surface area contributed by atoms with E-state index >= 15 is 0 Å². The standard InChI is InChI=1S/C17H19N5O3/c1-11-7-16(24)20-12-5-3-4-6-13(12)22(11)17(25)9-21(2)14-8-15(23)19-10-18-14/h3-6,8,10-11H,7,9H2,1-2H3,(H,20,24)(H,18,19,23). The quantitative estimate of drug-likeness (QED) is 0.867. The van der Waals surface area contributed by atoms with E-state index in [0.717, 1.165) is 0 Å². The zero-order valence-corrected chi connectivity index (χ0v) is 14.0. The van der Waals surface area contributed by atoms with Gasteiger partial charge in [0.15, 0.2) is 0 Å². The van der Waals surface area contributed by atoms with Gasteiger partial charge in [-0.3, -0.25) is 14.4 Å². The third-order valence-electron chi connectivity index (χ3n) is 4.06. The Hall–Kier alpha value is -3.16. The first-order chi connectivity index (χ1) is 12.0. The van der Waals surface area contributed by atoms with Crippen LogP contribution in [0.25, 0.3) is 0 Å². The second kappa shape index (κ2) is 6.76. The van der Waals surface area contributed by atoms with E-state index in [1.54, 1.807) is 29.0 Å². The molecule has 130 valence electrons. The molecule has 3 rings (SSSR count). The molecule has 2 aromatic rings. The monoisotopic (exact) mass is 341 g/mol. The maximum absolute atomic E-state index is 12.9. The molecule has 0 radical (unpaired) electrons. The Bertz CT molecular complexity index is 863. The van der Waals surface area contributed by atoms with Crippen molar-refractivity contribution in [3.05, 3.63) is 47.0 Å². The number of likely N-dealkylation sites (N-methyl/N-ethyl adjacent to an activating group) is 1. The number of rotatable bonds is 3. The number of hydrogen-bond donors (Lipinski definition) is 2. The van der Waals surface area contributed by atoms with Crippen LogP contribution in [0.1, 0.15) is 13.3 Å². The number of nitrogens with one attached hydrogen (secondary N) is 2. The molecule has 8 heteroatoms. The van der Waals surface area contributed by atoms with Crippen molar-refractivity contribution in [1.82, 2.24) is 9.97 Å². The number of fused-ring (bicyclic) bond motifs is 1. The molecule has 1 aliphatic heterocycles. The Labute approximate surface area is 144 Å². The zero-order valence-electron chi connectivity index (χ0n) is 14.0. The van der Waals surface area contributed by atoms with Crippen LogP contribution in [0.5, 0.6) is 0 Å². The summed E-state index contributed by atoms with van der Waals surface area (Å²) < 4.78 is 0. The van der Waals surface area contributed by atoms with Gasteiger partial charge in [-0.15, -0.1) is 0 Å². The summed E-state index contributed by atoms with van der Waals surface area (Å²) in [6, 6.07) is 8.26. The van der Waals surface area contributed by atoms with Crippen molar-refractivity contribution in [1.29, 1.82) is 0 Å². The Morgan fingerprint density at radius 1 is 1.36 bits per heavy atom. The maximum atomic E-state index is 12.9. The molecule has 1 aromatic carbocycles. The molecule has 0 aliphatic carbocycles. The Kier molecular flexibility index (Phi) is 4.51. The van der Waals surface area contributed by atoms with E-state index in [9.17, 15) is 14.4 Å². The number of hydrogen-bond acceptors (Lipinski definition) is 5. The molecule has 1 aliphatic rings. The van der Waals surface area contributed by atoms with Crippen molar-refractivity contribution < 1.29 is 9.59 Å². The van der Waals surface area contributed by atoms with Crippen LogP contribution >= 0.6 is 0 Å². The van der Waals surface area contributed by atoms with Crippen molar-refractivity contribution in [3.8, 4) is 0 Å². The highest BCUT2D eigenvalue weighted by Gasteiger charge is 2.30. The number of benzene rings is 1. The number of carbonyl (C=O) groups excluding carboxylic acids is 2. The summed E-state index contributed by atoms with van der Waals surface area (Å²) in [5.41, 5.74) is 0.993. The Morgan fingerprint density at radius 2 is 2.12 bits per heavy atom. The number of para-hydroxylation sites is 2. The SMILES string of the molecule is CC1CC(=O)Nc2ccccc2N1C(=O)CN(C)c1cc(=O)[nH]cn1. The third kappa shape index (κ3) is 3.52. The van der Waals surface area contributed by atoms with Crippen LogP contribution in [0, 0.1) is 0 Å². The minimum atomic E-state index is -0.285. The van der Waals surface area contributed by atoms with Gasteiger partial charge in [0.05, 0.1) is 24.2 Å². The van der Waals surface area contributed by atoms with Gasteiger partial charge in [-0.1, -0.05) is 12.1 Å². The van der Waals surface area contributed by atoms with Gasteiger partial charge in [0.25, 0.3) is 5.56 Å². The van der Waals surface area contributed by atoms with Crippen LogP contribution in [-0.2, 0) is 9.59 Å². The number of aromatic nitrogens is 2. The third-order valence-corrected chi connectivity index (χ3v) is 4.06. The Balaban J connectivity index is 1.87. The predicted molar refractivity (Wildman–Crippen MR) is 94.8 cm³/mol. The summed E-state index contributed by atoms with van der Waals surface area (Å²) in [5, 5.41) is 2.83. The summed E-state index contributed by atoms with van der Waals surface area (Å²) in [5.74, 6) is 0.1000. The van der Waals surface area contributed by atoms with E-state index in [-0.39, 0.29) is 36.4 Å². The largest absolute Gasteiger partial charge is 0.350 e. The highest BCUT2D eigenvalue weighted by atomic mass is 16.2. The molecular weight excluding hydrogens is 322 g/mol. The second-order valence-corrected chi connectivity index (χ2v) is 6.01. The molecule has 1 atom stereocenters. The van der Waals surface area contributed by atoms with Crippen LogP contribution in [-0.4, -0.2) is 41.4 Å². The molecule has 1 unspecified atom stereocenters. The number of amides is 2. The van der Waals surface area contributed by atoms with Gasteiger partial charge < -0.3 is 20.1 Å². The van der Waals surface area contributed by atoms with Crippen LogP contribution in [0.4, 0.5) is 17.2 Å². The molecule has 0 saturated heterocycles. The molecule has 8 nitrogen and oxygen atoms in total. The van der Waals surface area contributed by atoms with Crippen LogP contribution in [0.2, 0.25) is 0 Å². The van der Waals surface area contributed by atoms with E-state index in [4.69, 9.17) is 0 Å². The fourth-order valence-corrected chi connectivity index (χ4v) is 2.89. The average molecular weight is 341 g/mol. The number of H-pyrrole nitrogens is 1. The van der Waals surface area contributed by atoms with Crippen molar-refractivity contribution in [2.45, 2.75) is 19.4 Å². The first-order valence-electron chi connectivity index (χ1n) is 7.92.